The summed E-state index contributed by atoms with van der Waals surface area (Å²) in [5.74, 6) is 0.588. The Balaban J connectivity index is 1.71. The van der Waals surface area contributed by atoms with E-state index in [1.54, 1.807) is 12.1 Å². The number of nitrogens with one attached hydrogen (secondary N) is 1. The third kappa shape index (κ3) is 2.15. The summed E-state index contributed by atoms with van der Waals surface area (Å²) in [6.45, 7) is 0. The predicted molar refractivity (Wildman–Crippen MR) is 103 cm³/mol. The number of para-hydroxylation sites is 1. The predicted octanol–water partition coefficient (Wildman–Crippen LogP) is 5.57. The SMILES string of the molecule is O=[N+]([O-])c1cccc2c1NC(c1cccc3ccccc13)C1CC=CC21. The first-order valence-corrected chi connectivity index (χ1v) is 8.92. The van der Waals surface area contributed by atoms with Crippen molar-refractivity contribution in [1.29, 1.82) is 0 Å². The van der Waals surface area contributed by atoms with Crippen LogP contribution in [0.15, 0.2) is 72.8 Å². The zero-order valence-electron chi connectivity index (χ0n) is 14.1. The van der Waals surface area contributed by atoms with Crippen LogP contribution in [0.25, 0.3) is 10.8 Å². The van der Waals surface area contributed by atoms with E-state index in [0.29, 0.717) is 11.6 Å². The highest BCUT2D eigenvalue weighted by molar-refractivity contribution is 5.87. The summed E-state index contributed by atoms with van der Waals surface area (Å²) in [6.07, 6.45) is 5.41. The average molecular weight is 342 g/mol. The van der Waals surface area contributed by atoms with Crippen LogP contribution in [0, 0.1) is 16.0 Å². The van der Waals surface area contributed by atoms with E-state index in [2.05, 4.69) is 53.9 Å². The third-order valence-corrected chi connectivity index (χ3v) is 5.73. The van der Waals surface area contributed by atoms with Gasteiger partial charge in [0.2, 0.25) is 0 Å². The van der Waals surface area contributed by atoms with Gasteiger partial charge in [-0.2, -0.15) is 0 Å². The van der Waals surface area contributed by atoms with Gasteiger partial charge < -0.3 is 5.32 Å². The van der Waals surface area contributed by atoms with Crippen LogP contribution in [0.4, 0.5) is 11.4 Å². The summed E-state index contributed by atoms with van der Waals surface area (Å²) in [7, 11) is 0. The van der Waals surface area contributed by atoms with Gasteiger partial charge in [-0.15, -0.1) is 0 Å². The lowest BCUT2D eigenvalue weighted by Crippen LogP contribution is -2.29. The van der Waals surface area contributed by atoms with Crippen LogP contribution in [0.2, 0.25) is 0 Å². The van der Waals surface area contributed by atoms with Crippen molar-refractivity contribution in [3.05, 3.63) is 94.1 Å². The van der Waals surface area contributed by atoms with E-state index in [9.17, 15) is 10.1 Å². The smallest absolute Gasteiger partial charge is 0.292 e. The summed E-state index contributed by atoms with van der Waals surface area (Å²) < 4.78 is 0. The molecule has 1 N–H and O–H groups in total. The minimum absolute atomic E-state index is 0.0506. The standard InChI is InChI=1S/C22H18N2O2/c25-24(26)20-13-5-12-19-16-9-4-11-18(16)21(23-22(19)20)17-10-3-7-14-6-1-2-8-15(14)17/h1-10,12-13,16,18,21,23H,11H2. The number of allylic oxidation sites excluding steroid dienone is 2. The van der Waals surface area contributed by atoms with E-state index in [4.69, 9.17) is 0 Å². The van der Waals surface area contributed by atoms with E-state index < -0.39 is 0 Å². The molecule has 5 rings (SSSR count). The minimum Gasteiger partial charge on any atom is -0.372 e. The van der Waals surface area contributed by atoms with E-state index in [-0.39, 0.29) is 22.6 Å². The van der Waals surface area contributed by atoms with Crippen molar-refractivity contribution in [2.24, 2.45) is 5.92 Å². The van der Waals surface area contributed by atoms with Crippen LogP contribution in [-0.2, 0) is 0 Å². The molecule has 128 valence electrons. The largest absolute Gasteiger partial charge is 0.372 e. The van der Waals surface area contributed by atoms with Gasteiger partial charge in [0.05, 0.1) is 11.0 Å². The molecule has 0 fully saturated rings. The molecule has 3 atom stereocenters. The summed E-state index contributed by atoms with van der Waals surface area (Å²) in [6, 6.07) is 20.1. The number of rotatable bonds is 2. The van der Waals surface area contributed by atoms with Crippen LogP contribution in [0.5, 0.6) is 0 Å². The van der Waals surface area contributed by atoms with Crippen LogP contribution in [0.3, 0.4) is 0 Å². The number of hydrogen-bond acceptors (Lipinski definition) is 3. The Labute approximate surface area is 151 Å². The number of fused-ring (bicyclic) bond motifs is 4. The van der Waals surface area contributed by atoms with Crippen molar-refractivity contribution < 1.29 is 4.92 Å². The Morgan fingerprint density at radius 2 is 1.73 bits per heavy atom. The van der Waals surface area contributed by atoms with Gasteiger partial charge in [0.1, 0.15) is 5.69 Å². The lowest BCUT2D eigenvalue weighted by Gasteiger charge is -2.37. The molecule has 3 unspecified atom stereocenters. The van der Waals surface area contributed by atoms with Crippen molar-refractivity contribution in [3.63, 3.8) is 0 Å². The Kier molecular flexibility index (Phi) is 3.32. The monoisotopic (exact) mass is 342 g/mol. The van der Waals surface area contributed by atoms with Crippen LogP contribution >= 0.6 is 0 Å². The topological polar surface area (TPSA) is 55.2 Å². The quantitative estimate of drug-likeness (QED) is 0.376. The highest BCUT2D eigenvalue weighted by atomic mass is 16.6. The lowest BCUT2D eigenvalue weighted by molar-refractivity contribution is -0.384. The molecule has 0 radical (unpaired) electrons. The van der Waals surface area contributed by atoms with Gasteiger partial charge in [-0.05, 0) is 34.2 Å². The molecule has 0 aromatic heterocycles. The number of nitro benzene ring substituents is 1. The van der Waals surface area contributed by atoms with Gasteiger partial charge in [-0.1, -0.05) is 66.7 Å². The number of hydrogen-bond donors (Lipinski definition) is 1. The molecule has 4 heteroatoms. The molecule has 2 aliphatic rings. The van der Waals surface area contributed by atoms with Gasteiger partial charge in [-0.25, -0.2) is 0 Å². The molecule has 1 aliphatic carbocycles. The number of anilines is 1. The van der Waals surface area contributed by atoms with Crippen LogP contribution < -0.4 is 5.32 Å². The second-order valence-corrected chi connectivity index (χ2v) is 7.04. The highest BCUT2D eigenvalue weighted by Crippen LogP contribution is 2.52. The van der Waals surface area contributed by atoms with E-state index in [0.717, 1.165) is 12.0 Å². The molecule has 3 aromatic rings. The molecule has 1 heterocycles. The summed E-state index contributed by atoms with van der Waals surface area (Å²) in [4.78, 5) is 11.3. The van der Waals surface area contributed by atoms with Crippen molar-refractivity contribution in [2.45, 2.75) is 18.4 Å². The maximum Gasteiger partial charge on any atom is 0.292 e. The van der Waals surface area contributed by atoms with Gasteiger partial charge in [0.25, 0.3) is 5.69 Å². The minimum atomic E-state index is -0.287. The highest BCUT2D eigenvalue weighted by Gasteiger charge is 2.40. The first kappa shape index (κ1) is 15.1. The molecule has 1 aliphatic heterocycles. The summed E-state index contributed by atoms with van der Waals surface area (Å²) >= 11 is 0. The molecule has 3 aromatic carbocycles. The molecule has 0 bridgehead atoms. The Bertz CT molecular complexity index is 1050. The van der Waals surface area contributed by atoms with Crippen molar-refractivity contribution in [3.8, 4) is 0 Å². The summed E-state index contributed by atoms with van der Waals surface area (Å²) in [5, 5.41) is 17.5. The first-order valence-electron chi connectivity index (χ1n) is 8.92. The molecular formula is C22H18N2O2. The van der Waals surface area contributed by atoms with Crippen LogP contribution in [-0.4, -0.2) is 4.92 Å². The number of nitro groups is 1. The second kappa shape index (κ2) is 5.70. The van der Waals surface area contributed by atoms with Gasteiger partial charge >= 0.3 is 0 Å². The lowest BCUT2D eigenvalue weighted by atomic mass is 9.76. The van der Waals surface area contributed by atoms with Gasteiger partial charge in [0.15, 0.2) is 0 Å². The van der Waals surface area contributed by atoms with E-state index >= 15 is 0 Å². The molecule has 0 saturated carbocycles. The first-order chi connectivity index (χ1) is 12.7. The Hall–Kier alpha value is -3.14. The van der Waals surface area contributed by atoms with Crippen molar-refractivity contribution in [1.82, 2.24) is 0 Å². The van der Waals surface area contributed by atoms with Crippen molar-refractivity contribution in [2.75, 3.05) is 5.32 Å². The second-order valence-electron chi connectivity index (χ2n) is 7.04. The molecule has 26 heavy (non-hydrogen) atoms. The van der Waals surface area contributed by atoms with Crippen LogP contribution in [0.1, 0.15) is 29.5 Å². The van der Waals surface area contributed by atoms with Crippen molar-refractivity contribution >= 4 is 22.1 Å². The molecular weight excluding hydrogens is 324 g/mol. The zero-order valence-corrected chi connectivity index (χ0v) is 14.1. The van der Waals surface area contributed by atoms with Gasteiger partial charge in [-0.3, -0.25) is 10.1 Å². The third-order valence-electron chi connectivity index (χ3n) is 5.73. The Morgan fingerprint density at radius 1 is 0.962 bits per heavy atom. The van der Waals surface area contributed by atoms with E-state index in [1.807, 2.05) is 12.1 Å². The fraction of sp³-hybridized carbons (Fsp3) is 0.182. The molecule has 0 amide bonds. The number of nitrogens with zero attached hydrogens (tertiary/aromatic N) is 1. The maximum absolute atomic E-state index is 11.6. The molecule has 4 nitrogen and oxygen atoms in total. The molecule has 0 spiro atoms. The fourth-order valence-electron chi connectivity index (χ4n) is 4.59. The zero-order chi connectivity index (χ0) is 17.7. The summed E-state index contributed by atoms with van der Waals surface area (Å²) in [5.41, 5.74) is 3.08. The van der Waals surface area contributed by atoms with E-state index in [1.165, 1.54) is 16.3 Å². The number of benzene rings is 3. The normalized spacial score (nSPS) is 23.3. The van der Waals surface area contributed by atoms with Gasteiger partial charge in [0, 0.05) is 12.0 Å². The fourth-order valence-corrected chi connectivity index (χ4v) is 4.59. The Morgan fingerprint density at radius 3 is 2.62 bits per heavy atom. The maximum atomic E-state index is 11.6. The molecule has 0 saturated heterocycles. The average Bonchev–Trinajstić information content (AvgIpc) is 3.16.